The Hall–Kier alpha value is -3.69. The third kappa shape index (κ3) is 4.63. The molecule has 2 aromatic heterocycles. The third-order valence-corrected chi connectivity index (χ3v) is 5.93. The molecule has 1 aliphatic heterocycles. The van der Waals surface area contributed by atoms with Crippen molar-refractivity contribution in [1.29, 1.82) is 0 Å². The second kappa shape index (κ2) is 9.63. The molecule has 0 saturated carbocycles. The summed E-state index contributed by atoms with van der Waals surface area (Å²) in [6, 6.07) is 6.32. The molecule has 0 spiro atoms. The lowest BCUT2D eigenvalue weighted by Crippen LogP contribution is -2.47. The maximum atomic E-state index is 11.9. The summed E-state index contributed by atoms with van der Waals surface area (Å²) in [5.74, 6) is 0.644. The molecule has 32 heavy (non-hydrogen) atoms. The zero-order valence-corrected chi connectivity index (χ0v) is 18.4. The van der Waals surface area contributed by atoms with E-state index in [4.69, 9.17) is 0 Å². The van der Waals surface area contributed by atoms with Crippen molar-refractivity contribution >= 4 is 23.0 Å². The third-order valence-electron chi connectivity index (χ3n) is 5.93. The first-order chi connectivity index (χ1) is 15.5. The lowest BCUT2D eigenvalue weighted by molar-refractivity contribution is -0.383. The van der Waals surface area contributed by atoms with Crippen molar-refractivity contribution in [3.8, 4) is 0 Å². The Morgan fingerprint density at radius 2 is 1.91 bits per heavy atom. The highest BCUT2D eigenvalue weighted by molar-refractivity contribution is 5.71. The van der Waals surface area contributed by atoms with E-state index in [1.165, 1.54) is 23.1 Å². The molecule has 3 aromatic rings. The molecule has 10 heteroatoms. The molecule has 0 unspecified atom stereocenters. The van der Waals surface area contributed by atoms with E-state index < -0.39 is 0 Å². The predicted octanol–water partition coefficient (Wildman–Crippen LogP) is 3.03. The van der Waals surface area contributed by atoms with Gasteiger partial charge in [-0.15, -0.1) is 0 Å². The molecule has 0 bridgehead atoms. The summed E-state index contributed by atoms with van der Waals surface area (Å²) < 4.78 is 1.97. The number of nitrogens with one attached hydrogen (secondary N) is 1. The Labute approximate surface area is 187 Å². The van der Waals surface area contributed by atoms with Gasteiger partial charge in [0.1, 0.15) is 6.33 Å². The van der Waals surface area contributed by atoms with E-state index in [0.717, 1.165) is 26.1 Å². The van der Waals surface area contributed by atoms with Gasteiger partial charge in [0.05, 0.1) is 11.3 Å². The summed E-state index contributed by atoms with van der Waals surface area (Å²) >= 11 is 0. The summed E-state index contributed by atoms with van der Waals surface area (Å²) in [5.41, 5.74) is 3.70. The van der Waals surface area contributed by atoms with E-state index in [0.29, 0.717) is 25.5 Å². The van der Waals surface area contributed by atoms with Crippen molar-refractivity contribution in [1.82, 2.24) is 19.5 Å². The molecular formula is C22H28N8O2. The Morgan fingerprint density at radius 1 is 1.12 bits per heavy atom. The zero-order chi connectivity index (χ0) is 22.5. The van der Waals surface area contributed by atoms with Gasteiger partial charge in [-0.3, -0.25) is 10.1 Å². The molecule has 1 fully saturated rings. The van der Waals surface area contributed by atoms with E-state index in [1.54, 1.807) is 12.5 Å². The summed E-state index contributed by atoms with van der Waals surface area (Å²) in [7, 11) is 0. The second-order valence-electron chi connectivity index (χ2n) is 7.93. The number of aromatic nitrogens is 4. The quantitative estimate of drug-likeness (QED) is 0.326. The van der Waals surface area contributed by atoms with Crippen LogP contribution in [0.5, 0.6) is 0 Å². The van der Waals surface area contributed by atoms with Crippen LogP contribution in [0, 0.1) is 24.0 Å². The predicted molar refractivity (Wildman–Crippen MR) is 124 cm³/mol. The molecule has 4 rings (SSSR count). The average Bonchev–Trinajstić information content (AvgIpc) is 3.32. The van der Waals surface area contributed by atoms with Gasteiger partial charge in [-0.25, -0.2) is 15.0 Å². The molecule has 0 atom stereocenters. The summed E-state index contributed by atoms with van der Waals surface area (Å²) in [4.78, 5) is 28.3. The molecule has 1 aliphatic rings. The molecule has 10 nitrogen and oxygen atoms in total. The van der Waals surface area contributed by atoms with Gasteiger partial charge in [0, 0.05) is 57.3 Å². The number of hydrogen-bond donors (Lipinski definition) is 1. The van der Waals surface area contributed by atoms with Crippen LogP contribution in [0.15, 0.2) is 43.2 Å². The highest BCUT2D eigenvalue weighted by Gasteiger charge is 2.29. The monoisotopic (exact) mass is 436 g/mol. The van der Waals surface area contributed by atoms with Crippen LogP contribution in [0.25, 0.3) is 0 Å². The molecular weight excluding hydrogens is 408 g/mol. The fourth-order valence-corrected chi connectivity index (χ4v) is 4.02. The largest absolute Gasteiger partial charge is 0.368 e. The molecule has 1 saturated heterocycles. The van der Waals surface area contributed by atoms with Crippen LogP contribution >= 0.6 is 0 Å². The van der Waals surface area contributed by atoms with Gasteiger partial charge >= 0.3 is 5.69 Å². The summed E-state index contributed by atoms with van der Waals surface area (Å²) in [6.07, 6.45) is 7.57. The zero-order valence-electron chi connectivity index (χ0n) is 18.4. The molecule has 3 heterocycles. The van der Waals surface area contributed by atoms with Gasteiger partial charge in [-0.05, 0) is 37.5 Å². The van der Waals surface area contributed by atoms with Crippen LogP contribution in [0.3, 0.4) is 0 Å². The van der Waals surface area contributed by atoms with E-state index in [9.17, 15) is 10.1 Å². The van der Waals surface area contributed by atoms with Crippen molar-refractivity contribution in [3.05, 3.63) is 64.5 Å². The first kappa shape index (κ1) is 21.5. The van der Waals surface area contributed by atoms with Crippen LogP contribution < -0.4 is 15.1 Å². The molecule has 0 aliphatic carbocycles. The van der Waals surface area contributed by atoms with Gasteiger partial charge in [0.25, 0.3) is 0 Å². The van der Waals surface area contributed by atoms with Crippen molar-refractivity contribution in [2.24, 2.45) is 0 Å². The number of imidazole rings is 1. The van der Waals surface area contributed by atoms with Crippen molar-refractivity contribution < 1.29 is 4.92 Å². The van der Waals surface area contributed by atoms with Crippen molar-refractivity contribution in [3.63, 3.8) is 0 Å². The maximum Gasteiger partial charge on any atom is 0.353 e. The minimum atomic E-state index is -0.384. The topological polar surface area (TPSA) is 105 Å². The highest BCUT2D eigenvalue weighted by Crippen LogP contribution is 2.33. The van der Waals surface area contributed by atoms with E-state index in [-0.39, 0.29) is 16.4 Å². The second-order valence-corrected chi connectivity index (χ2v) is 7.93. The Kier molecular flexibility index (Phi) is 6.48. The molecule has 168 valence electrons. The number of nitrogens with zero attached hydrogens (tertiary/aromatic N) is 7. The Balaban J connectivity index is 1.43. The van der Waals surface area contributed by atoms with Crippen molar-refractivity contribution in [2.45, 2.75) is 26.8 Å². The van der Waals surface area contributed by atoms with E-state index in [1.807, 2.05) is 15.7 Å². The first-order valence-corrected chi connectivity index (χ1v) is 10.8. The standard InChI is InChI=1S/C22H28N8O2/c1-17-5-3-6-19(18(17)2)28-11-13-29(14-12-28)22-20(30(31)32)21(25-15-26-22)24-7-4-9-27-10-8-23-16-27/h3,5-6,8,10,15-16H,4,7,9,11-14H2,1-2H3,(H,24,25,26). The molecule has 0 amide bonds. The number of nitro groups is 1. The smallest absolute Gasteiger partial charge is 0.353 e. The number of piperazine rings is 1. The Bertz CT molecular complexity index is 1060. The maximum absolute atomic E-state index is 11.9. The van der Waals surface area contributed by atoms with Crippen LogP contribution in [0.4, 0.5) is 23.0 Å². The highest BCUT2D eigenvalue weighted by atomic mass is 16.6. The Morgan fingerprint density at radius 3 is 2.62 bits per heavy atom. The fourth-order valence-electron chi connectivity index (χ4n) is 4.02. The molecule has 1 aromatic carbocycles. The molecule has 1 N–H and O–H groups in total. The van der Waals surface area contributed by atoms with Crippen molar-refractivity contribution in [2.75, 3.05) is 47.8 Å². The van der Waals surface area contributed by atoms with Crippen LogP contribution in [0.1, 0.15) is 17.5 Å². The van der Waals surface area contributed by atoms with E-state index in [2.05, 4.69) is 57.2 Å². The number of aryl methyl sites for hydroxylation is 2. The van der Waals surface area contributed by atoms with Crippen LogP contribution in [-0.4, -0.2) is 57.2 Å². The van der Waals surface area contributed by atoms with Crippen LogP contribution in [0.2, 0.25) is 0 Å². The summed E-state index contributed by atoms with van der Waals surface area (Å²) in [6.45, 7) is 8.46. The number of rotatable bonds is 8. The lowest BCUT2D eigenvalue weighted by atomic mass is 10.1. The van der Waals surface area contributed by atoms with Gasteiger partial charge in [-0.1, -0.05) is 12.1 Å². The number of hydrogen-bond acceptors (Lipinski definition) is 8. The van der Waals surface area contributed by atoms with Gasteiger partial charge in [0.2, 0.25) is 11.6 Å². The first-order valence-electron chi connectivity index (χ1n) is 10.8. The van der Waals surface area contributed by atoms with Gasteiger partial charge < -0.3 is 19.7 Å². The summed E-state index contributed by atoms with van der Waals surface area (Å²) in [5, 5.41) is 15.0. The van der Waals surface area contributed by atoms with Crippen LogP contribution in [-0.2, 0) is 6.54 Å². The minimum absolute atomic E-state index is 0.0599. The number of benzene rings is 1. The minimum Gasteiger partial charge on any atom is -0.368 e. The normalized spacial score (nSPS) is 13.9. The average molecular weight is 437 g/mol. The fraction of sp³-hybridized carbons (Fsp3) is 0.409. The molecule has 0 radical (unpaired) electrons. The number of anilines is 3. The SMILES string of the molecule is Cc1cccc(N2CCN(c3ncnc(NCCCn4ccnc4)c3[N+](=O)[O-])CC2)c1C. The van der Waals surface area contributed by atoms with Gasteiger partial charge in [0.15, 0.2) is 0 Å². The lowest BCUT2D eigenvalue weighted by Gasteiger charge is -2.37. The van der Waals surface area contributed by atoms with Gasteiger partial charge in [-0.2, -0.15) is 0 Å². The van der Waals surface area contributed by atoms with E-state index >= 15 is 0 Å².